The molecule has 1 aromatic carbocycles. The number of aryl methyl sites for hydroxylation is 1. The largest absolute Gasteiger partial charge is 0.379 e. The lowest BCUT2D eigenvalue weighted by Crippen LogP contribution is -2.63. The molecule has 1 N–H and O–H groups in total. The summed E-state index contributed by atoms with van der Waals surface area (Å²) in [7, 11) is 0. The van der Waals surface area contributed by atoms with Gasteiger partial charge in [-0.05, 0) is 18.1 Å². The number of anilines is 1. The summed E-state index contributed by atoms with van der Waals surface area (Å²) in [6, 6.07) is 8.51. The van der Waals surface area contributed by atoms with Gasteiger partial charge >= 0.3 is 6.03 Å². The SMILES string of the molecule is CCc1ccccc1NC(=O)N1CC(N2CCOCC2)C1. The summed E-state index contributed by atoms with van der Waals surface area (Å²) in [6.07, 6.45) is 0.923. The van der Waals surface area contributed by atoms with Crippen LogP contribution >= 0.6 is 0 Å². The molecule has 1 aromatic rings. The number of carbonyl (C=O) groups excluding carboxylic acids is 1. The molecule has 2 saturated heterocycles. The van der Waals surface area contributed by atoms with Crippen molar-refractivity contribution in [2.75, 3.05) is 44.7 Å². The van der Waals surface area contributed by atoms with E-state index in [2.05, 4.69) is 23.2 Å². The molecule has 2 fully saturated rings. The minimum absolute atomic E-state index is 0.0143. The van der Waals surface area contributed by atoms with Crippen LogP contribution in [0.3, 0.4) is 0 Å². The first-order valence-corrected chi connectivity index (χ1v) is 7.73. The third kappa shape index (κ3) is 3.19. The van der Waals surface area contributed by atoms with Crippen LogP contribution in [0.5, 0.6) is 0 Å². The quantitative estimate of drug-likeness (QED) is 0.923. The van der Waals surface area contributed by atoms with Gasteiger partial charge in [0.2, 0.25) is 0 Å². The summed E-state index contributed by atoms with van der Waals surface area (Å²) >= 11 is 0. The van der Waals surface area contributed by atoms with Gasteiger partial charge in [0.05, 0.1) is 13.2 Å². The molecule has 0 radical (unpaired) electrons. The van der Waals surface area contributed by atoms with Gasteiger partial charge in [-0.3, -0.25) is 4.90 Å². The van der Waals surface area contributed by atoms with Crippen molar-refractivity contribution in [1.29, 1.82) is 0 Å². The minimum atomic E-state index is 0.0143. The Hall–Kier alpha value is -1.59. The van der Waals surface area contributed by atoms with Crippen LogP contribution in [0.15, 0.2) is 24.3 Å². The fourth-order valence-corrected chi connectivity index (χ4v) is 2.94. The van der Waals surface area contributed by atoms with E-state index in [1.54, 1.807) is 0 Å². The number of ether oxygens (including phenoxy) is 1. The van der Waals surface area contributed by atoms with Crippen LogP contribution in [0.25, 0.3) is 0 Å². The zero-order chi connectivity index (χ0) is 14.7. The zero-order valence-electron chi connectivity index (χ0n) is 12.5. The molecule has 0 saturated carbocycles. The molecule has 2 aliphatic heterocycles. The monoisotopic (exact) mass is 289 g/mol. The summed E-state index contributed by atoms with van der Waals surface area (Å²) in [5.74, 6) is 0. The second-order valence-corrected chi connectivity index (χ2v) is 5.65. The third-order valence-corrected chi connectivity index (χ3v) is 4.35. The normalized spacial score (nSPS) is 20.1. The molecular weight excluding hydrogens is 266 g/mol. The van der Waals surface area contributed by atoms with Crippen LogP contribution in [0, 0.1) is 0 Å². The van der Waals surface area contributed by atoms with Crippen molar-refractivity contribution < 1.29 is 9.53 Å². The van der Waals surface area contributed by atoms with E-state index in [1.165, 1.54) is 5.56 Å². The number of rotatable bonds is 3. The topological polar surface area (TPSA) is 44.8 Å². The molecule has 2 aliphatic rings. The molecule has 114 valence electrons. The van der Waals surface area contributed by atoms with E-state index < -0.39 is 0 Å². The summed E-state index contributed by atoms with van der Waals surface area (Å²) in [4.78, 5) is 16.6. The number of para-hydroxylation sites is 1. The van der Waals surface area contributed by atoms with E-state index in [4.69, 9.17) is 4.74 Å². The number of likely N-dealkylation sites (tertiary alicyclic amines) is 1. The van der Waals surface area contributed by atoms with Crippen molar-refractivity contribution >= 4 is 11.7 Å². The number of nitrogens with zero attached hydrogens (tertiary/aromatic N) is 2. The summed E-state index contributed by atoms with van der Waals surface area (Å²) in [5.41, 5.74) is 2.11. The maximum atomic E-state index is 12.3. The Morgan fingerprint density at radius 2 is 2.00 bits per heavy atom. The molecule has 2 heterocycles. The average molecular weight is 289 g/mol. The van der Waals surface area contributed by atoms with Gasteiger partial charge in [0, 0.05) is 37.9 Å². The molecule has 5 heteroatoms. The molecule has 2 amide bonds. The van der Waals surface area contributed by atoms with Crippen LogP contribution in [0.2, 0.25) is 0 Å². The van der Waals surface area contributed by atoms with E-state index in [-0.39, 0.29) is 6.03 Å². The Morgan fingerprint density at radius 3 is 2.71 bits per heavy atom. The number of morpholine rings is 1. The van der Waals surface area contributed by atoms with Crippen molar-refractivity contribution in [3.8, 4) is 0 Å². The highest BCUT2D eigenvalue weighted by Crippen LogP contribution is 2.20. The van der Waals surface area contributed by atoms with Crippen LogP contribution in [0.1, 0.15) is 12.5 Å². The number of urea groups is 1. The maximum Gasteiger partial charge on any atom is 0.321 e. The highest BCUT2D eigenvalue weighted by Gasteiger charge is 2.35. The Morgan fingerprint density at radius 1 is 1.29 bits per heavy atom. The summed E-state index contributed by atoms with van der Waals surface area (Å²) in [6.45, 7) is 7.33. The van der Waals surface area contributed by atoms with Gasteiger partial charge < -0.3 is 15.0 Å². The first-order valence-electron chi connectivity index (χ1n) is 7.73. The van der Waals surface area contributed by atoms with E-state index in [0.29, 0.717) is 6.04 Å². The lowest BCUT2D eigenvalue weighted by atomic mass is 10.1. The fraction of sp³-hybridized carbons (Fsp3) is 0.562. The average Bonchev–Trinajstić information content (AvgIpc) is 2.47. The van der Waals surface area contributed by atoms with Crippen molar-refractivity contribution in [2.45, 2.75) is 19.4 Å². The van der Waals surface area contributed by atoms with Gasteiger partial charge in [-0.2, -0.15) is 0 Å². The fourth-order valence-electron chi connectivity index (χ4n) is 2.94. The number of hydrogen-bond acceptors (Lipinski definition) is 3. The number of hydrogen-bond donors (Lipinski definition) is 1. The van der Waals surface area contributed by atoms with Crippen molar-refractivity contribution in [3.63, 3.8) is 0 Å². The molecule has 3 rings (SSSR count). The molecule has 0 aromatic heterocycles. The molecule has 0 aliphatic carbocycles. The van der Waals surface area contributed by atoms with Crippen molar-refractivity contribution in [1.82, 2.24) is 9.80 Å². The van der Waals surface area contributed by atoms with Gasteiger partial charge in [-0.25, -0.2) is 4.79 Å². The molecule has 0 unspecified atom stereocenters. The molecule has 0 spiro atoms. The zero-order valence-corrected chi connectivity index (χ0v) is 12.5. The molecular formula is C16H23N3O2. The summed E-state index contributed by atoms with van der Waals surface area (Å²) < 4.78 is 5.36. The van der Waals surface area contributed by atoms with Gasteiger partial charge in [0.1, 0.15) is 0 Å². The Bertz CT molecular complexity index is 494. The van der Waals surface area contributed by atoms with E-state index in [9.17, 15) is 4.79 Å². The first-order chi connectivity index (χ1) is 10.3. The predicted molar refractivity (Wildman–Crippen MR) is 82.6 cm³/mol. The number of carbonyl (C=O) groups is 1. The Balaban J connectivity index is 1.51. The molecule has 5 nitrogen and oxygen atoms in total. The number of nitrogens with one attached hydrogen (secondary N) is 1. The predicted octanol–water partition coefficient (Wildman–Crippen LogP) is 1.80. The van der Waals surface area contributed by atoms with Crippen LogP contribution in [-0.2, 0) is 11.2 Å². The van der Waals surface area contributed by atoms with Crippen LogP contribution < -0.4 is 5.32 Å². The second-order valence-electron chi connectivity index (χ2n) is 5.65. The van der Waals surface area contributed by atoms with Gasteiger partial charge in [0.25, 0.3) is 0 Å². The van der Waals surface area contributed by atoms with E-state index >= 15 is 0 Å². The van der Waals surface area contributed by atoms with E-state index in [1.807, 2.05) is 23.1 Å². The van der Waals surface area contributed by atoms with Crippen molar-refractivity contribution in [2.24, 2.45) is 0 Å². The van der Waals surface area contributed by atoms with E-state index in [0.717, 1.165) is 51.5 Å². The third-order valence-electron chi connectivity index (χ3n) is 4.35. The Kier molecular flexibility index (Phi) is 4.41. The maximum absolute atomic E-state index is 12.3. The van der Waals surface area contributed by atoms with Crippen LogP contribution in [0.4, 0.5) is 10.5 Å². The Labute approximate surface area is 125 Å². The number of amides is 2. The minimum Gasteiger partial charge on any atom is -0.379 e. The number of benzene rings is 1. The highest BCUT2D eigenvalue weighted by atomic mass is 16.5. The molecule has 0 bridgehead atoms. The van der Waals surface area contributed by atoms with Crippen LogP contribution in [-0.4, -0.2) is 61.3 Å². The second kappa shape index (κ2) is 6.45. The van der Waals surface area contributed by atoms with Gasteiger partial charge in [-0.1, -0.05) is 25.1 Å². The smallest absolute Gasteiger partial charge is 0.321 e. The lowest BCUT2D eigenvalue weighted by Gasteiger charge is -2.46. The highest BCUT2D eigenvalue weighted by molar-refractivity contribution is 5.90. The van der Waals surface area contributed by atoms with Crippen molar-refractivity contribution in [3.05, 3.63) is 29.8 Å². The lowest BCUT2D eigenvalue weighted by molar-refractivity contribution is -0.0189. The summed E-state index contributed by atoms with van der Waals surface area (Å²) in [5, 5.41) is 3.03. The molecule has 0 atom stereocenters. The standard InChI is InChI=1S/C16H23N3O2/c1-2-13-5-3-4-6-15(13)17-16(20)19-11-14(12-19)18-7-9-21-10-8-18/h3-6,14H,2,7-12H2,1H3,(H,17,20). The van der Waals surface area contributed by atoms with Gasteiger partial charge in [-0.15, -0.1) is 0 Å². The first kappa shape index (κ1) is 14.4. The van der Waals surface area contributed by atoms with Gasteiger partial charge in [0.15, 0.2) is 0 Å². The molecule has 21 heavy (non-hydrogen) atoms.